The number of anilines is 1. The van der Waals surface area contributed by atoms with Crippen molar-refractivity contribution < 1.29 is 9.53 Å². The Morgan fingerprint density at radius 2 is 2.25 bits per heavy atom. The Kier molecular flexibility index (Phi) is 4.06. The Balaban J connectivity index is 2.16. The molecule has 0 bridgehead atoms. The Labute approximate surface area is 128 Å². The second-order valence-electron chi connectivity index (χ2n) is 5.17. The lowest BCUT2D eigenvalue weighted by Gasteiger charge is -2.18. The van der Waals surface area contributed by atoms with E-state index in [0.717, 1.165) is 0 Å². The highest BCUT2D eigenvalue weighted by atomic mass is 35.5. The molecule has 1 heterocycles. The first-order chi connectivity index (χ1) is 9.32. The van der Waals surface area contributed by atoms with Crippen LogP contribution < -0.4 is 15.4 Å². The largest absolute Gasteiger partial charge is 0.495 e. The maximum absolute atomic E-state index is 12.3. The Morgan fingerprint density at radius 3 is 2.80 bits per heavy atom. The molecule has 1 aromatic carbocycles. The van der Waals surface area contributed by atoms with Crippen LogP contribution in [0, 0.1) is 0 Å². The molecule has 0 unspecified atom stereocenters. The number of amides is 2. The summed E-state index contributed by atoms with van der Waals surface area (Å²) in [5.41, 5.74) is 0.282. The molecule has 5 nitrogen and oxygen atoms in total. The molecule has 0 saturated carbocycles. The van der Waals surface area contributed by atoms with Crippen LogP contribution in [-0.2, 0) is 0 Å². The topological polar surface area (TPSA) is 53.6 Å². The minimum Gasteiger partial charge on any atom is -0.495 e. The van der Waals surface area contributed by atoms with E-state index >= 15 is 0 Å². The van der Waals surface area contributed by atoms with Crippen molar-refractivity contribution in [2.45, 2.75) is 19.4 Å². The molecule has 2 rings (SSSR count). The van der Waals surface area contributed by atoms with Gasteiger partial charge in [-0.15, -0.1) is 0 Å². The van der Waals surface area contributed by atoms with Crippen molar-refractivity contribution in [3.63, 3.8) is 0 Å². The molecule has 0 spiro atoms. The highest BCUT2D eigenvalue weighted by Gasteiger charge is 2.35. The number of hydrogen-bond acceptors (Lipinski definition) is 3. The molecule has 1 aromatic rings. The minimum atomic E-state index is -0.311. The van der Waals surface area contributed by atoms with E-state index in [1.807, 2.05) is 13.8 Å². The monoisotopic (exact) mass is 313 g/mol. The Bertz CT molecular complexity index is 563. The number of nitrogens with one attached hydrogen (secondary N) is 2. The average molecular weight is 314 g/mol. The van der Waals surface area contributed by atoms with Crippen LogP contribution in [-0.4, -0.2) is 35.2 Å². The van der Waals surface area contributed by atoms with Gasteiger partial charge in [0.25, 0.3) is 0 Å². The standard InChI is InChI=1S/C13H16ClN3O2S/c1-13(2)7-17(12(20)16-13)11(18)15-9-6-8(14)4-5-10(9)19-3/h4-6H,7H2,1-3H3,(H,15,18)(H,16,20). The third kappa shape index (κ3) is 3.13. The summed E-state index contributed by atoms with van der Waals surface area (Å²) in [5, 5.41) is 6.78. The van der Waals surface area contributed by atoms with Gasteiger partial charge in [0.1, 0.15) is 5.75 Å². The molecule has 2 amide bonds. The van der Waals surface area contributed by atoms with Gasteiger partial charge < -0.3 is 15.4 Å². The van der Waals surface area contributed by atoms with Crippen molar-refractivity contribution >= 4 is 40.6 Å². The van der Waals surface area contributed by atoms with E-state index in [1.165, 1.54) is 12.0 Å². The van der Waals surface area contributed by atoms with E-state index in [1.54, 1.807) is 18.2 Å². The van der Waals surface area contributed by atoms with Crippen molar-refractivity contribution in [2.75, 3.05) is 19.0 Å². The molecule has 20 heavy (non-hydrogen) atoms. The summed E-state index contributed by atoms with van der Waals surface area (Å²) in [6.07, 6.45) is 0. The van der Waals surface area contributed by atoms with Crippen LogP contribution in [0.15, 0.2) is 18.2 Å². The van der Waals surface area contributed by atoms with Gasteiger partial charge >= 0.3 is 6.03 Å². The highest BCUT2D eigenvalue weighted by Crippen LogP contribution is 2.28. The smallest absolute Gasteiger partial charge is 0.328 e. The molecule has 1 aliphatic heterocycles. The van der Waals surface area contributed by atoms with Gasteiger partial charge in [-0.1, -0.05) is 11.6 Å². The second-order valence-corrected chi connectivity index (χ2v) is 6.00. The van der Waals surface area contributed by atoms with Crippen molar-refractivity contribution in [3.8, 4) is 5.75 Å². The number of methoxy groups -OCH3 is 1. The molecule has 1 fully saturated rings. The summed E-state index contributed by atoms with van der Waals surface area (Å²) in [6, 6.07) is 4.72. The molecule has 2 N–H and O–H groups in total. The van der Waals surface area contributed by atoms with Gasteiger partial charge in [0.2, 0.25) is 0 Å². The summed E-state index contributed by atoms with van der Waals surface area (Å²) >= 11 is 11.1. The zero-order valence-corrected chi connectivity index (χ0v) is 13.1. The molecule has 0 aromatic heterocycles. The lowest BCUT2D eigenvalue weighted by Crippen LogP contribution is -2.37. The molecule has 7 heteroatoms. The molecular formula is C13H16ClN3O2S. The summed E-state index contributed by atoms with van der Waals surface area (Å²) < 4.78 is 5.19. The lowest BCUT2D eigenvalue weighted by atomic mass is 10.1. The average Bonchev–Trinajstić information content (AvgIpc) is 2.63. The van der Waals surface area contributed by atoms with Gasteiger partial charge in [0.05, 0.1) is 24.9 Å². The predicted octanol–water partition coefficient (Wildman–Crippen LogP) is 2.85. The molecule has 1 saturated heterocycles. The van der Waals surface area contributed by atoms with E-state index < -0.39 is 0 Å². The summed E-state index contributed by atoms with van der Waals surface area (Å²) in [4.78, 5) is 13.8. The zero-order valence-electron chi connectivity index (χ0n) is 11.5. The number of urea groups is 1. The van der Waals surface area contributed by atoms with Gasteiger partial charge in [-0.3, -0.25) is 4.90 Å². The van der Waals surface area contributed by atoms with Gasteiger partial charge in [0.15, 0.2) is 5.11 Å². The van der Waals surface area contributed by atoms with Crippen LogP contribution >= 0.6 is 23.8 Å². The first-order valence-corrected chi connectivity index (χ1v) is 6.85. The molecule has 1 aliphatic rings. The predicted molar refractivity (Wildman–Crippen MR) is 83.5 cm³/mol. The number of ether oxygens (including phenoxy) is 1. The fraction of sp³-hybridized carbons (Fsp3) is 0.385. The molecular weight excluding hydrogens is 298 g/mol. The number of halogens is 1. The SMILES string of the molecule is COc1ccc(Cl)cc1NC(=O)N1CC(C)(C)NC1=S. The van der Waals surface area contributed by atoms with E-state index in [2.05, 4.69) is 10.6 Å². The van der Waals surface area contributed by atoms with Gasteiger partial charge in [-0.25, -0.2) is 4.79 Å². The molecule has 0 radical (unpaired) electrons. The fourth-order valence-corrected chi connectivity index (χ4v) is 2.58. The van der Waals surface area contributed by atoms with E-state index in [0.29, 0.717) is 28.1 Å². The fourth-order valence-electron chi connectivity index (χ4n) is 1.99. The summed E-state index contributed by atoms with van der Waals surface area (Å²) in [7, 11) is 1.53. The number of rotatable bonds is 2. The summed E-state index contributed by atoms with van der Waals surface area (Å²) in [6.45, 7) is 4.46. The van der Waals surface area contributed by atoms with Gasteiger partial charge in [-0.2, -0.15) is 0 Å². The first-order valence-electron chi connectivity index (χ1n) is 6.06. The number of carbonyl (C=O) groups excluding carboxylic acids is 1. The van der Waals surface area contributed by atoms with Crippen molar-refractivity contribution in [1.82, 2.24) is 10.2 Å². The van der Waals surface area contributed by atoms with E-state index in [-0.39, 0.29) is 11.6 Å². The Morgan fingerprint density at radius 1 is 1.55 bits per heavy atom. The molecule has 0 atom stereocenters. The first kappa shape index (κ1) is 14.9. The van der Waals surface area contributed by atoms with Gasteiger partial charge in [-0.05, 0) is 44.3 Å². The number of carbonyl (C=O) groups is 1. The zero-order chi connectivity index (χ0) is 14.9. The molecule has 0 aliphatic carbocycles. The van der Waals surface area contributed by atoms with Crippen molar-refractivity contribution in [1.29, 1.82) is 0 Å². The van der Waals surface area contributed by atoms with E-state index in [9.17, 15) is 4.79 Å². The van der Waals surface area contributed by atoms with E-state index in [4.69, 9.17) is 28.6 Å². The Hall–Kier alpha value is -1.53. The maximum Gasteiger partial charge on any atom is 0.328 e. The van der Waals surface area contributed by atoms with Crippen LogP contribution in [0.25, 0.3) is 0 Å². The number of nitrogens with zero attached hydrogens (tertiary/aromatic N) is 1. The minimum absolute atomic E-state index is 0.229. The van der Waals surface area contributed by atoms with Crippen LogP contribution in [0.3, 0.4) is 0 Å². The normalized spacial score (nSPS) is 16.8. The molecule has 108 valence electrons. The third-order valence-electron chi connectivity index (χ3n) is 2.89. The van der Waals surface area contributed by atoms with Crippen LogP contribution in [0.4, 0.5) is 10.5 Å². The highest BCUT2D eigenvalue weighted by molar-refractivity contribution is 7.80. The third-order valence-corrected chi connectivity index (χ3v) is 3.45. The summed E-state index contributed by atoms with van der Waals surface area (Å²) in [5.74, 6) is 0.542. The lowest BCUT2D eigenvalue weighted by molar-refractivity contribution is 0.233. The van der Waals surface area contributed by atoms with Crippen molar-refractivity contribution in [2.24, 2.45) is 0 Å². The number of benzene rings is 1. The second kappa shape index (κ2) is 5.46. The van der Waals surface area contributed by atoms with Crippen LogP contribution in [0.1, 0.15) is 13.8 Å². The van der Waals surface area contributed by atoms with Crippen molar-refractivity contribution in [3.05, 3.63) is 23.2 Å². The van der Waals surface area contributed by atoms with Gasteiger partial charge in [0, 0.05) is 5.02 Å². The quantitative estimate of drug-likeness (QED) is 0.824. The number of hydrogen-bond donors (Lipinski definition) is 2. The van der Waals surface area contributed by atoms with Crippen LogP contribution in [0.5, 0.6) is 5.75 Å². The number of thiocarbonyl (C=S) groups is 1. The maximum atomic E-state index is 12.3. The van der Waals surface area contributed by atoms with Crippen LogP contribution in [0.2, 0.25) is 5.02 Å².